The van der Waals surface area contributed by atoms with E-state index in [4.69, 9.17) is 4.74 Å². The van der Waals surface area contributed by atoms with E-state index < -0.39 is 16.7 Å². The summed E-state index contributed by atoms with van der Waals surface area (Å²) >= 11 is 0. The number of rotatable bonds is 7. The molecule has 1 aliphatic carbocycles. The van der Waals surface area contributed by atoms with Gasteiger partial charge in [0.25, 0.3) is 5.69 Å². The molecule has 1 saturated carbocycles. The van der Waals surface area contributed by atoms with Crippen LogP contribution in [0, 0.1) is 10.1 Å². The lowest BCUT2D eigenvalue weighted by atomic mass is 9.93. The van der Waals surface area contributed by atoms with Gasteiger partial charge >= 0.3 is 6.09 Å². The van der Waals surface area contributed by atoms with Gasteiger partial charge in [-0.1, -0.05) is 42.5 Å². The van der Waals surface area contributed by atoms with Crippen LogP contribution < -0.4 is 5.32 Å². The third-order valence-corrected chi connectivity index (χ3v) is 6.13. The average Bonchev–Trinajstić information content (AvgIpc) is 3.57. The van der Waals surface area contributed by atoms with Crippen LogP contribution in [0.25, 0.3) is 0 Å². The molecule has 0 radical (unpaired) electrons. The summed E-state index contributed by atoms with van der Waals surface area (Å²) in [6, 6.07) is 16.2. The molecule has 164 valence electrons. The number of alkyl halides is 1. The third kappa shape index (κ3) is 5.38. The molecule has 2 unspecified atom stereocenters. The minimum atomic E-state index is -1.35. The molecule has 1 saturated heterocycles. The van der Waals surface area contributed by atoms with Crippen molar-refractivity contribution >= 4 is 11.8 Å². The Hall–Kier alpha value is -3.00. The number of hydrogen-bond donors (Lipinski definition) is 1. The minimum Gasteiger partial charge on any atom is -0.445 e. The van der Waals surface area contributed by atoms with E-state index in [0.29, 0.717) is 13.1 Å². The van der Waals surface area contributed by atoms with Crippen molar-refractivity contribution in [2.75, 3.05) is 19.6 Å². The highest BCUT2D eigenvalue weighted by Gasteiger charge is 2.42. The molecule has 7 nitrogen and oxygen atoms in total. The zero-order chi connectivity index (χ0) is 21.8. The van der Waals surface area contributed by atoms with Crippen molar-refractivity contribution in [1.29, 1.82) is 0 Å². The van der Waals surface area contributed by atoms with Crippen molar-refractivity contribution in [3.8, 4) is 0 Å². The smallest absolute Gasteiger partial charge is 0.410 e. The minimum absolute atomic E-state index is 0.0747. The maximum absolute atomic E-state index is 15.2. The zero-order valence-electron chi connectivity index (χ0n) is 17.2. The second-order valence-corrected chi connectivity index (χ2v) is 8.36. The molecule has 2 fully saturated rings. The maximum atomic E-state index is 15.2. The Bertz CT molecular complexity index is 914. The SMILES string of the molecule is O=C(OCc1ccccc1)N1CCC(F)(CNC2CC2c2ccc([N+](=O)[O-])cc2)CC1. The largest absolute Gasteiger partial charge is 0.445 e. The van der Waals surface area contributed by atoms with Crippen molar-refractivity contribution in [3.63, 3.8) is 0 Å². The highest BCUT2D eigenvalue weighted by Crippen LogP contribution is 2.41. The van der Waals surface area contributed by atoms with E-state index in [0.717, 1.165) is 17.5 Å². The Morgan fingerprint density at radius 1 is 1.16 bits per heavy atom. The summed E-state index contributed by atoms with van der Waals surface area (Å²) in [5, 5.41) is 14.1. The van der Waals surface area contributed by atoms with Crippen LogP contribution in [0.5, 0.6) is 0 Å². The summed E-state index contributed by atoms with van der Waals surface area (Å²) in [5.74, 6) is 0.262. The molecule has 2 aliphatic rings. The normalized spacial score (nSPS) is 22.0. The molecule has 0 aromatic heterocycles. The molecule has 2 aromatic carbocycles. The maximum Gasteiger partial charge on any atom is 0.410 e. The van der Waals surface area contributed by atoms with Crippen LogP contribution >= 0.6 is 0 Å². The number of likely N-dealkylation sites (tertiary alicyclic amines) is 1. The van der Waals surface area contributed by atoms with Gasteiger partial charge in [0, 0.05) is 56.6 Å². The van der Waals surface area contributed by atoms with Gasteiger partial charge in [0.15, 0.2) is 0 Å². The fourth-order valence-electron chi connectivity index (χ4n) is 4.02. The van der Waals surface area contributed by atoms with Crippen molar-refractivity contribution < 1.29 is 18.8 Å². The van der Waals surface area contributed by atoms with E-state index in [1.807, 2.05) is 30.3 Å². The topological polar surface area (TPSA) is 84.7 Å². The molecule has 1 aliphatic heterocycles. The zero-order valence-corrected chi connectivity index (χ0v) is 17.2. The fraction of sp³-hybridized carbons (Fsp3) is 0.435. The van der Waals surface area contributed by atoms with Gasteiger partial charge in [0.05, 0.1) is 4.92 Å². The number of nitro benzene ring substituents is 1. The Labute approximate surface area is 180 Å². The van der Waals surface area contributed by atoms with E-state index in [2.05, 4.69) is 5.32 Å². The Balaban J connectivity index is 1.19. The van der Waals surface area contributed by atoms with Crippen LogP contribution in [-0.2, 0) is 11.3 Å². The average molecular weight is 427 g/mol. The van der Waals surface area contributed by atoms with Crippen molar-refractivity contribution in [2.24, 2.45) is 0 Å². The first-order valence-corrected chi connectivity index (χ1v) is 10.6. The van der Waals surface area contributed by atoms with E-state index >= 15 is 4.39 Å². The van der Waals surface area contributed by atoms with Gasteiger partial charge in [-0.3, -0.25) is 10.1 Å². The van der Waals surface area contributed by atoms with E-state index in [-0.39, 0.29) is 43.6 Å². The molecule has 4 rings (SSSR count). The second kappa shape index (κ2) is 9.01. The lowest BCUT2D eigenvalue weighted by Crippen LogP contribution is -2.49. The van der Waals surface area contributed by atoms with Crippen LogP contribution in [-0.4, -0.2) is 47.3 Å². The summed E-state index contributed by atoms with van der Waals surface area (Å²) in [6.07, 6.45) is 1.04. The van der Waals surface area contributed by atoms with Gasteiger partial charge in [0.1, 0.15) is 12.3 Å². The number of nitrogens with zero attached hydrogens (tertiary/aromatic N) is 2. The first-order valence-electron chi connectivity index (χ1n) is 10.6. The Morgan fingerprint density at radius 3 is 2.48 bits per heavy atom. The van der Waals surface area contributed by atoms with Crippen LogP contribution in [0.2, 0.25) is 0 Å². The number of piperidine rings is 1. The summed E-state index contributed by atoms with van der Waals surface area (Å²) in [6.45, 7) is 1.13. The number of non-ortho nitro benzene ring substituents is 1. The number of carbonyl (C=O) groups excluding carboxylic acids is 1. The quantitative estimate of drug-likeness (QED) is 0.529. The third-order valence-electron chi connectivity index (χ3n) is 6.13. The monoisotopic (exact) mass is 427 g/mol. The molecule has 1 heterocycles. The molecular formula is C23H26FN3O4. The number of nitro groups is 1. The first-order chi connectivity index (χ1) is 14.9. The molecule has 0 spiro atoms. The molecule has 8 heteroatoms. The number of amides is 1. The van der Waals surface area contributed by atoms with E-state index in [1.54, 1.807) is 17.0 Å². The van der Waals surface area contributed by atoms with Crippen molar-refractivity contribution in [3.05, 3.63) is 75.8 Å². The molecule has 0 bridgehead atoms. The number of benzene rings is 2. The van der Waals surface area contributed by atoms with Gasteiger partial charge in [-0.05, 0) is 17.5 Å². The lowest BCUT2D eigenvalue weighted by Gasteiger charge is -2.36. The molecule has 1 amide bonds. The van der Waals surface area contributed by atoms with E-state index in [1.165, 1.54) is 12.1 Å². The second-order valence-electron chi connectivity index (χ2n) is 8.36. The van der Waals surface area contributed by atoms with Gasteiger partial charge < -0.3 is 15.0 Å². The first kappa shape index (κ1) is 21.2. The van der Waals surface area contributed by atoms with Crippen LogP contribution in [0.15, 0.2) is 54.6 Å². The number of nitrogens with one attached hydrogen (secondary N) is 1. The molecule has 2 atom stereocenters. The molecule has 2 aromatic rings. The number of ether oxygens (including phenoxy) is 1. The van der Waals surface area contributed by atoms with E-state index in [9.17, 15) is 14.9 Å². The summed E-state index contributed by atoms with van der Waals surface area (Å²) < 4.78 is 20.5. The predicted octanol–water partition coefficient (Wildman–Crippen LogP) is 4.18. The standard InChI is InChI=1S/C23H26FN3O4/c24-23(16-25-21-14-20(21)18-6-8-19(9-7-18)27(29)30)10-12-26(13-11-23)22(28)31-15-17-4-2-1-3-5-17/h1-9,20-21,25H,10-16H2. The van der Waals surface area contributed by atoms with Gasteiger partial charge in [-0.15, -0.1) is 0 Å². The Morgan fingerprint density at radius 2 is 1.84 bits per heavy atom. The van der Waals surface area contributed by atoms with Gasteiger partial charge in [-0.2, -0.15) is 0 Å². The fourth-order valence-corrected chi connectivity index (χ4v) is 4.02. The number of carbonyl (C=O) groups is 1. The van der Waals surface area contributed by atoms with Crippen LogP contribution in [0.4, 0.5) is 14.9 Å². The molecule has 1 N–H and O–H groups in total. The number of hydrogen-bond acceptors (Lipinski definition) is 5. The number of halogens is 1. The lowest BCUT2D eigenvalue weighted by molar-refractivity contribution is -0.384. The molecular weight excluding hydrogens is 401 g/mol. The van der Waals surface area contributed by atoms with Crippen molar-refractivity contribution in [1.82, 2.24) is 10.2 Å². The summed E-state index contributed by atoms with van der Waals surface area (Å²) in [7, 11) is 0. The Kier molecular flexibility index (Phi) is 6.18. The predicted molar refractivity (Wildman–Crippen MR) is 114 cm³/mol. The van der Waals surface area contributed by atoms with Gasteiger partial charge in [-0.25, -0.2) is 9.18 Å². The highest BCUT2D eigenvalue weighted by molar-refractivity contribution is 5.67. The molecule has 31 heavy (non-hydrogen) atoms. The van der Waals surface area contributed by atoms with Crippen molar-refractivity contribution in [2.45, 2.75) is 43.5 Å². The van der Waals surface area contributed by atoms with Gasteiger partial charge in [0.2, 0.25) is 0 Å². The summed E-state index contributed by atoms with van der Waals surface area (Å²) in [4.78, 5) is 24.2. The van der Waals surface area contributed by atoms with Crippen LogP contribution in [0.1, 0.15) is 36.3 Å². The van der Waals surface area contributed by atoms with Crippen LogP contribution in [0.3, 0.4) is 0 Å². The highest BCUT2D eigenvalue weighted by atomic mass is 19.1. The summed E-state index contributed by atoms with van der Waals surface area (Å²) in [5.41, 5.74) is 0.681.